The van der Waals surface area contributed by atoms with Crippen LogP contribution < -0.4 is 5.32 Å². The number of hydrogen-bond acceptors (Lipinski definition) is 7. The zero-order valence-electron chi connectivity index (χ0n) is 16.8. The number of benzene rings is 1. The summed E-state index contributed by atoms with van der Waals surface area (Å²) in [4.78, 5) is 20.7. The van der Waals surface area contributed by atoms with Crippen LogP contribution in [-0.2, 0) is 23.4 Å². The Kier molecular flexibility index (Phi) is 6.97. The molecule has 3 rings (SSSR count). The highest BCUT2D eigenvalue weighted by atomic mass is 32.2. The van der Waals surface area contributed by atoms with Crippen LogP contribution in [0.4, 0.5) is 5.13 Å². The van der Waals surface area contributed by atoms with Gasteiger partial charge in [-0.25, -0.2) is 9.97 Å². The molecule has 0 atom stereocenters. The predicted molar refractivity (Wildman–Crippen MR) is 116 cm³/mol. The van der Waals surface area contributed by atoms with Gasteiger partial charge in [-0.15, -0.1) is 11.8 Å². The number of amides is 1. The van der Waals surface area contributed by atoms with E-state index in [0.717, 1.165) is 22.0 Å². The summed E-state index contributed by atoms with van der Waals surface area (Å²) in [6, 6.07) is 7.04. The molecule has 6 nitrogen and oxygen atoms in total. The smallest absolute Gasteiger partial charge is 0.226 e. The van der Waals surface area contributed by atoms with E-state index >= 15 is 0 Å². The SMILES string of the molecule is CC(C)(C)Cc1cnc(CSc2cnc(NC(=O)CCc3ccccc3O)s2)o1. The molecule has 1 amide bonds. The topological polar surface area (TPSA) is 88.2 Å². The molecule has 3 aromatic rings. The third-order valence-electron chi connectivity index (χ3n) is 3.99. The minimum atomic E-state index is -0.126. The van der Waals surface area contributed by atoms with Crippen molar-refractivity contribution in [2.75, 3.05) is 5.32 Å². The average Bonchev–Trinajstić information content (AvgIpc) is 3.27. The molecule has 154 valence electrons. The number of thiazole rings is 1. The Labute approximate surface area is 178 Å². The number of rotatable bonds is 8. The summed E-state index contributed by atoms with van der Waals surface area (Å²) < 4.78 is 6.78. The number of anilines is 1. The largest absolute Gasteiger partial charge is 0.508 e. The number of hydrogen-bond donors (Lipinski definition) is 2. The van der Waals surface area contributed by atoms with Gasteiger partial charge in [-0.1, -0.05) is 50.3 Å². The first-order valence-corrected chi connectivity index (χ1v) is 11.2. The second-order valence-corrected chi connectivity index (χ2v) is 10.2. The molecule has 0 spiro atoms. The van der Waals surface area contributed by atoms with Gasteiger partial charge in [-0.3, -0.25) is 4.79 Å². The fourth-order valence-electron chi connectivity index (χ4n) is 2.69. The first kappa shape index (κ1) is 21.4. The highest BCUT2D eigenvalue weighted by Crippen LogP contribution is 2.31. The van der Waals surface area contributed by atoms with Crippen LogP contribution in [0.5, 0.6) is 5.75 Å². The molecule has 0 saturated carbocycles. The van der Waals surface area contributed by atoms with Crippen molar-refractivity contribution < 1.29 is 14.3 Å². The molecule has 0 fully saturated rings. The fourth-order valence-corrected chi connectivity index (χ4v) is 4.43. The monoisotopic (exact) mass is 431 g/mol. The van der Waals surface area contributed by atoms with Crippen LogP contribution in [0.2, 0.25) is 0 Å². The lowest BCUT2D eigenvalue weighted by atomic mass is 9.91. The Balaban J connectivity index is 1.45. The number of phenols is 1. The van der Waals surface area contributed by atoms with Crippen molar-refractivity contribution >= 4 is 34.1 Å². The van der Waals surface area contributed by atoms with E-state index in [1.54, 1.807) is 36.3 Å². The fraction of sp³-hybridized carbons (Fsp3) is 0.381. The summed E-state index contributed by atoms with van der Waals surface area (Å²) >= 11 is 3.00. The van der Waals surface area contributed by atoms with Crippen molar-refractivity contribution in [1.82, 2.24) is 9.97 Å². The maximum absolute atomic E-state index is 12.1. The maximum atomic E-state index is 12.1. The molecular formula is C21H25N3O3S2. The normalized spacial score (nSPS) is 11.6. The minimum absolute atomic E-state index is 0.126. The van der Waals surface area contributed by atoms with Gasteiger partial charge in [-0.05, 0) is 23.5 Å². The van der Waals surface area contributed by atoms with E-state index in [4.69, 9.17) is 4.42 Å². The van der Waals surface area contributed by atoms with Crippen LogP contribution in [0.1, 0.15) is 44.4 Å². The van der Waals surface area contributed by atoms with Crippen LogP contribution in [-0.4, -0.2) is 21.0 Å². The van der Waals surface area contributed by atoms with E-state index in [9.17, 15) is 9.90 Å². The molecule has 1 aromatic carbocycles. The molecule has 0 radical (unpaired) electrons. The molecule has 0 aliphatic rings. The summed E-state index contributed by atoms with van der Waals surface area (Å²) in [6.45, 7) is 6.50. The molecule has 2 heterocycles. The number of nitrogens with one attached hydrogen (secondary N) is 1. The van der Waals surface area contributed by atoms with Gasteiger partial charge >= 0.3 is 0 Å². The molecule has 8 heteroatoms. The number of oxazole rings is 1. The second-order valence-electron chi connectivity index (χ2n) is 7.91. The molecule has 29 heavy (non-hydrogen) atoms. The van der Waals surface area contributed by atoms with Gasteiger partial charge in [0.05, 0.1) is 22.4 Å². The summed E-state index contributed by atoms with van der Waals surface area (Å²) in [5.74, 6) is 2.29. The zero-order valence-corrected chi connectivity index (χ0v) is 18.4. The average molecular weight is 432 g/mol. The summed E-state index contributed by atoms with van der Waals surface area (Å²) in [7, 11) is 0. The lowest BCUT2D eigenvalue weighted by Crippen LogP contribution is -2.12. The lowest BCUT2D eigenvalue weighted by Gasteiger charge is -2.15. The molecule has 0 aliphatic heterocycles. The quantitative estimate of drug-likeness (QED) is 0.471. The third kappa shape index (κ3) is 6.90. The van der Waals surface area contributed by atoms with Gasteiger partial charge < -0.3 is 14.8 Å². The van der Waals surface area contributed by atoms with Gasteiger partial charge in [0.1, 0.15) is 11.5 Å². The van der Waals surface area contributed by atoms with Crippen molar-refractivity contribution in [3.63, 3.8) is 0 Å². The molecule has 0 aliphatic carbocycles. The Bertz CT molecular complexity index is 960. The predicted octanol–water partition coefficient (Wildman–Crippen LogP) is 5.29. The van der Waals surface area contributed by atoms with Crippen molar-refractivity contribution in [2.24, 2.45) is 5.41 Å². The van der Waals surface area contributed by atoms with E-state index in [1.807, 2.05) is 12.1 Å². The Morgan fingerprint density at radius 2 is 2.03 bits per heavy atom. The Morgan fingerprint density at radius 3 is 2.79 bits per heavy atom. The highest BCUT2D eigenvalue weighted by Gasteiger charge is 2.15. The Hall–Kier alpha value is -2.32. The first-order chi connectivity index (χ1) is 13.8. The van der Waals surface area contributed by atoms with Gasteiger partial charge in [0.2, 0.25) is 11.8 Å². The van der Waals surface area contributed by atoms with Gasteiger partial charge in [0, 0.05) is 12.8 Å². The second kappa shape index (κ2) is 9.45. The first-order valence-electron chi connectivity index (χ1n) is 9.37. The van der Waals surface area contributed by atoms with Crippen molar-refractivity contribution in [1.29, 1.82) is 0 Å². The maximum Gasteiger partial charge on any atom is 0.226 e. The molecular weight excluding hydrogens is 406 g/mol. The Morgan fingerprint density at radius 1 is 1.24 bits per heavy atom. The number of aromatic nitrogens is 2. The van der Waals surface area contributed by atoms with Crippen LogP contribution in [0.15, 0.2) is 45.3 Å². The molecule has 2 aromatic heterocycles. The van der Waals surface area contributed by atoms with Gasteiger partial charge in [0.25, 0.3) is 0 Å². The number of para-hydroxylation sites is 1. The number of carbonyl (C=O) groups excluding carboxylic acids is 1. The van der Waals surface area contributed by atoms with Crippen LogP contribution in [0.3, 0.4) is 0 Å². The van der Waals surface area contributed by atoms with Crippen molar-refractivity contribution in [3.05, 3.63) is 53.9 Å². The van der Waals surface area contributed by atoms with Crippen LogP contribution >= 0.6 is 23.1 Å². The van der Waals surface area contributed by atoms with E-state index in [2.05, 4.69) is 36.1 Å². The number of aromatic hydroxyl groups is 1. The lowest BCUT2D eigenvalue weighted by molar-refractivity contribution is -0.116. The number of aryl methyl sites for hydroxylation is 1. The van der Waals surface area contributed by atoms with Crippen LogP contribution in [0.25, 0.3) is 0 Å². The van der Waals surface area contributed by atoms with E-state index in [-0.39, 0.29) is 23.5 Å². The van der Waals surface area contributed by atoms with Crippen LogP contribution in [0, 0.1) is 5.41 Å². The summed E-state index contributed by atoms with van der Waals surface area (Å²) in [5, 5.41) is 13.1. The summed E-state index contributed by atoms with van der Waals surface area (Å²) in [5.41, 5.74) is 0.920. The van der Waals surface area contributed by atoms with E-state index in [1.165, 1.54) is 11.3 Å². The number of thioether (sulfide) groups is 1. The van der Waals surface area contributed by atoms with E-state index < -0.39 is 0 Å². The molecule has 0 unspecified atom stereocenters. The van der Waals surface area contributed by atoms with Gasteiger partial charge in [0.15, 0.2) is 5.13 Å². The molecule has 0 bridgehead atoms. The molecule has 2 N–H and O–H groups in total. The van der Waals surface area contributed by atoms with E-state index in [0.29, 0.717) is 23.2 Å². The minimum Gasteiger partial charge on any atom is -0.508 e. The van der Waals surface area contributed by atoms with Crippen molar-refractivity contribution in [3.8, 4) is 5.75 Å². The van der Waals surface area contributed by atoms with Gasteiger partial charge in [-0.2, -0.15) is 0 Å². The molecule has 0 saturated heterocycles. The van der Waals surface area contributed by atoms with Crippen molar-refractivity contribution in [2.45, 2.75) is 50.0 Å². The standard InChI is InChI=1S/C21H25N3O3S2/c1-21(2,3)10-15-11-22-18(27-15)13-28-19-12-23-20(29-19)24-17(26)9-8-14-6-4-5-7-16(14)25/h4-7,11-12,25H,8-10,13H2,1-3H3,(H,23,24,26). The highest BCUT2D eigenvalue weighted by molar-refractivity contribution is 8.00. The summed E-state index contributed by atoms with van der Waals surface area (Å²) in [6.07, 6.45) is 5.15. The third-order valence-corrected chi connectivity index (χ3v) is 6.08. The number of phenolic OH excluding ortho intramolecular Hbond substituents is 1. The number of nitrogens with zero attached hydrogens (tertiary/aromatic N) is 2. The number of carbonyl (C=O) groups is 1. The zero-order chi connectivity index (χ0) is 20.9.